The number of hydrogen-bond donors (Lipinski definition) is 1. The molecule has 0 aliphatic carbocycles. The number of aromatic nitrogens is 4. The van der Waals surface area contributed by atoms with Gasteiger partial charge in [0.25, 0.3) is 5.69 Å². The monoisotopic (exact) mass is 364 g/mol. The summed E-state index contributed by atoms with van der Waals surface area (Å²) in [5.41, 5.74) is 0.712. The first-order valence-electron chi connectivity index (χ1n) is 8.12. The van der Waals surface area contributed by atoms with Crippen LogP contribution in [0.5, 0.6) is 0 Å². The summed E-state index contributed by atoms with van der Waals surface area (Å²) >= 11 is 0. The summed E-state index contributed by atoms with van der Waals surface area (Å²) in [6.07, 6.45) is 9.72. The van der Waals surface area contributed by atoms with E-state index in [0.29, 0.717) is 30.3 Å². The summed E-state index contributed by atoms with van der Waals surface area (Å²) < 4.78 is 1.86. The second-order valence-electron chi connectivity index (χ2n) is 5.49. The van der Waals surface area contributed by atoms with Gasteiger partial charge in [0, 0.05) is 56.1 Å². The van der Waals surface area contributed by atoms with E-state index in [0.717, 1.165) is 0 Å². The van der Waals surface area contributed by atoms with Gasteiger partial charge in [0.15, 0.2) is 11.6 Å². The van der Waals surface area contributed by atoms with Crippen molar-refractivity contribution in [2.45, 2.75) is 6.54 Å². The summed E-state index contributed by atoms with van der Waals surface area (Å²) in [5.74, 6) is 0.893. The van der Waals surface area contributed by atoms with Crippen LogP contribution in [-0.4, -0.2) is 36.9 Å². The first-order chi connectivity index (χ1) is 13.1. The fraction of sp³-hybridized carbons (Fsp3) is 0.111. The molecule has 3 rings (SSSR count). The summed E-state index contributed by atoms with van der Waals surface area (Å²) in [6, 6.07) is 7.68. The Morgan fingerprint density at radius 2 is 1.89 bits per heavy atom. The molecule has 0 saturated heterocycles. The molecule has 1 N–H and O–H groups in total. The second-order valence-corrected chi connectivity index (χ2v) is 5.49. The van der Waals surface area contributed by atoms with E-state index in [1.807, 2.05) is 4.57 Å². The number of imidazole rings is 1. The molecule has 0 bridgehead atoms. The Balaban J connectivity index is 1.52. The van der Waals surface area contributed by atoms with E-state index >= 15 is 0 Å². The molecule has 9 heteroatoms. The summed E-state index contributed by atoms with van der Waals surface area (Å²) in [5, 5.41) is 13.4. The van der Waals surface area contributed by atoms with Crippen LogP contribution in [0.25, 0.3) is 17.7 Å². The average Bonchev–Trinajstić information content (AvgIpc) is 3.16. The minimum absolute atomic E-state index is 0.00938. The van der Waals surface area contributed by atoms with Crippen LogP contribution in [0.3, 0.4) is 0 Å². The van der Waals surface area contributed by atoms with Gasteiger partial charge in [0.2, 0.25) is 5.91 Å². The van der Waals surface area contributed by atoms with Crippen molar-refractivity contribution in [2.75, 3.05) is 6.54 Å². The summed E-state index contributed by atoms with van der Waals surface area (Å²) in [6.45, 7) is 0.921. The molecule has 1 amide bonds. The number of hydrogen-bond acceptors (Lipinski definition) is 6. The molecule has 3 aromatic rings. The zero-order chi connectivity index (χ0) is 19.1. The highest BCUT2D eigenvalue weighted by molar-refractivity contribution is 5.91. The molecule has 2 heterocycles. The van der Waals surface area contributed by atoms with Crippen molar-refractivity contribution in [3.8, 4) is 11.6 Å². The lowest BCUT2D eigenvalue weighted by atomic mass is 10.2. The van der Waals surface area contributed by atoms with Gasteiger partial charge in [0.05, 0.1) is 4.92 Å². The number of benzene rings is 1. The predicted molar refractivity (Wildman–Crippen MR) is 98.4 cm³/mol. The maximum atomic E-state index is 11.9. The summed E-state index contributed by atoms with van der Waals surface area (Å²) in [7, 11) is 0. The van der Waals surface area contributed by atoms with Gasteiger partial charge in [-0.2, -0.15) is 0 Å². The number of rotatable bonds is 7. The Kier molecular flexibility index (Phi) is 5.63. The van der Waals surface area contributed by atoms with Crippen molar-refractivity contribution >= 4 is 17.7 Å². The van der Waals surface area contributed by atoms with E-state index in [1.54, 1.807) is 49.1 Å². The van der Waals surface area contributed by atoms with Crippen molar-refractivity contribution in [3.63, 3.8) is 0 Å². The van der Waals surface area contributed by atoms with E-state index < -0.39 is 4.92 Å². The molecule has 0 aliphatic heterocycles. The third-order valence-electron chi connectivity index (χ3n) is 3.66. The minimum atomic E-state index is -0.467. The lowest BCUT2D eigenvalue weighted by Crippen LogP contribution is -2.25. The van der Waals surface area contributed by atoms with E-state index in [1.165, 1.54) is 18.2 Å². The number of non-ortho nitro benzene ring substituents is 1. The third kappa shape index (κ3) is 4.82. The average molecular weight is 364 g/mol. The minimum Gasteiger partial charge on any atom is -0.351 e. The molecule has 0 aliphatic rings. The molecule has 0 radical (unpaired) electrons. The maximum Gasteiger partial charge on any atom is 0.269 e. The number of nitrogens with zero attached hydrogens (tertiary/aromatic N) is 5. The van der Waals surface area contributed by atoms with E-state index in [-0.39, 0.29) is 11.6 Å². The van der Waals surface area contributed by atoms with Gasteiger partial charge < -0.3 is 9.88 Å². The van der Waals surface area contributed by atoms with E-state index in [4.69, 9.17) is 0 Å². The summed E-state index contributed by atoms with van der Waals surface area (Å²) in [4.78, 5) is 34.7. The Morgan fingerprint density at radius 3 is 2.59 bits per heavy atom. The van der Waals surface area contributed by atoms with Gasteiger partial charge >= 0.3 is 0 Å². The number of carbonyl (C=O) groups is 1. The topological polar surface area (TPSA) is 116 Å². The highest BCUT2D eigenvalue weighted by atomic mass is 16.6. The smallest absolute Gasteiger partial charge is 0.269 e. The highest BCUT2D eigenvalue weighted by Crippen LogP contribution is 2.13. The quantitative estimate of drug-likeness (QED) is 0.390. The van der Waals surface area contributed by atoms with Crippen LogP contribution in [0.4, 0.5) is 5.69 Å². The van der Waals surface area contributed by atoms with Crippen LogP contribution in [-0.2, 0) is 11.3 Å². The van der Waals surface area contributed by atoms with Crippen LogP contribution in [0.15, 0.2) is 61.2 Å². The first kappa shape index (κ1) is 17.9. The molecular weight excluding hydrogens is 348 g/mol. The molecule has 0 atom stereocenters. The standard InChI is InChI=1S/C18H16N6O3/c25-16(7-4-14-2-5-15(6-3-14)24(26)27)19-10-12-23-13-11-22-18(23)17-20-8-1-9-21-17/h1-9,11,13H,10,12H2,(H,19,25)/b7-4+. The lowest BCUT2D eigenvalue weighted by molar-refractivity contribution is -0.384. The first-order valence-corrected chi connectivity index (χ1v) is 8.12. The van der Waals surface area contributed by atoms with Crippen molar-refractivity contribution in [1.82, 2.24) is 24.8 Å². The molecule has 9 nitrogen and oxygen atoms in total. The van der Waals surface area contributed by atoms with E-state index in [9.17, 15) is 14.9 Å². The predicted octanol–water partition coefficient (Wildman–Crippen LogP) is 2.08. The maximum absolute atomic E-state index is 11.9. The lowest BCUT2D eigenvalue weighted by Gasteiger charge is -2.07. The number of nitro benzene ring substituents is 1. The van der Waals surface area contributed by atoms with E-state index in [2.05, 4.69) is 20.3 Å². The second kappa shape index (κ2) is 8.48. The number of nitro groups is 1. The Bertz CT molecular complexity index is 951. The Morgan fingerprint density at radius 1 is 1.15 bits per heavy atom. The van der Waals surface area contributed by atoms with Crippen LogP contribution in [0, 0.1) is 10.1 Å². The number of amides is 1. The normalized spacial score (nSPS) is 10.8. The third-order valence-corrected chi connectivity index (χ3v) is 3.66. The van der Waals surface area contributed by atoms with Crippen LogP contribution < -0.4 is 5.32 Å². The molecule has 0 saturated carbocycles. The molecule has 136 valence electrons. The Labute approximate surface area is 154 Å². The van der Waals surface area contributed by atoms with Crippen molar-refractivity contribution < 1.29 is 9.72 Å². The van der Waals surface area contributed by atoms with Crippen LogP contribution in [0.1, 0.15) is 5.56 Å². The molecule has 27 heavy (non-hydrogen) atoms. The largest absolute Gasteiger partial charge is 0.351 e. The van der Waals surface area contributed by atoms with Gasteiger partial charge in [-0.1, -0.05) is 0 Å². The van der Waals surface area contributed by atoms with Crippen molar-refractivity contribution in [3.05, 3.63) is 76.9 Å². The van der Waals surface area contributed by atoms with Gasteiger partial charge in [0.1, 0.15) is 0 Å². The number of nitrogens with one attached hydrogen (secondary N) is 1. The van der Waals surface area contributed by atoms with Crippen molar-refractivity contribution in [2.24, 2.45) is 0 Å². The molecule has 0 unspecified atom stereocenters. The fourth-order valence-corrected chi connectivity index (χ4v) is 2.35. The van der Waals surface area contributed by atoms with Crippen LogP contribution in [0.2, 0.25) is 0 Å². The highest BCUT2D eigenvalue weighted by Gasteiger charge is 2.08. The van der Waals surface area contributed by atoms with Gasteiger partial charge in [-0.05, 0) is 29.8 Å². The zero-order valence-electron chi connectivity index (χ0n) is 14.2. The molecule has 0 fully saturated rings. The fourth-order valence-electron chi connectivity index (χ4n) is 2.35. The SMILES string of the molecule is O=C(/C=C/c1ccc([N+](=O)[O-])cc1)NCCn1ccnc1-c1ncccn1. The molecule has 1 aromatic carbocycles. The van der Waals surface area contributed by atoms with Gasteiger partial charge in [-0.15, -0.1) is 0 Å². The molecule has 0 spiro atoms. The molecular formula is C18H16N6O3. The zero-order valence-corrected chi connectivity index (χ0v) is 14.2. The number of carbonyl (C=O) groups excluding carboxylic acids is 1. The Hall–Kier alpha value is -3.88. The van der Waals surface area contributed by atoms with Gasteiger partial charge in [-0.3, -0.25) is 14.9 Å². The van der Waals surface area contributed by atoms with Gasteiger partial charge in [-0.25, -0.2) is 15.0 Å². The molecule has 2 aromatic heterocycles. The van der Waals surface area contributed by atoms with Crippen molar-refractivity contribution in [1.29, 1.82) is 0 Å². The van der Waals surface area contributed by atoms with Crippen LogP contribution >= 0.6 is 0 Å².